The van der Waals surface area contributed by atoms with Gasteiger partial charge in [-0.3, -0.25) is 0 Å². The van der Waals surface area contributed by atoms with Crippen LogP contribution in [0.25, 0.3) is 10.4 Å². The fourth-order valence-corrected chi connectivity index (χ4v) is 8.65. The monoisotopic (exact) mass is 739 g/mol. The van der Waals surface area contributed by atoms with Gasteiger partial charge in [0.2, 0.25) is 0 Å². The number of ether oxygens (including phenoxy) is 10. The van der Waals surface area contributed by atoms with E-state index in [0.29, 0.717) is 25.0 Å². The van der Waals surface area contributed by atoms with Gasteiger partial charge >= 0.3 is 0 Å². The molecule has 13 nitrogen and oxygen atoms in total. The molecule has 0 spiro atoms. The average molecular weight is 740 g/mol. The van der Waals surface area contributed by atoms with Crippen LogP contribution in [-0.2, 0) is 47.4 Å². The number of rotatable bonds is 13. The van der Waals surface area contributed by atoms with E-state index in [1.54, 1.807) is 0 Å². The molecule has 5 fully saturated rings. The summed E-state index contributed by atoms with van der Waals surface area (Å²) in [7, 11) is 0. The maximum Gasteiger partial charge on any atom is 0.169 e. The van der Waals surface area contributed by atoms with E-state index in [1.165, 1.54) is 0 Å². The molecule has 0 aromatic rings. The van der Waals surface area contributed by atoms with Crippen molar-refractivity contribution in [3.8, 4) is 0 Å². The molecule has 300 valence electrons. The Morgan fingerprint density at radius 1 is 0.673 bits per heavy atom. The van der Waals surface area contributed by atoms with Crippen LogP contribution in [0.5, 0.6) is 0 Å². The number of hydrogen-bond donors (Lipinski definition) is 0. The van der Waals surface area contributed by atoms with E-state index < -0.39 is 49.5 Å². The number of hydrogen-bond acceptors (Lipinski definition) is 11. The summed E-state index contributed by atoms with van der Waals surface area (Å²) in [5.74, 6) is 1.59. The van der Waals surface area contributed by atoms with Gasteiger partial charge in [-0.25, -0.2) is 0 Å². The van der Waals surface area contributed by atoms with Crippen LogP contribution in [0.4, 0.5) is 0 Å². The molecule has 0 saturated carbocycles. The van der Waals surface area contributed by atoms with E-state index >= 15 is 0 Å². The van der Waals surface area contributed by atoms with Crippen LogP contribution in [0.3, 0.4) is 0 Å². The van der Waals surface area contributed by atoms with E-state index in [1.807, 2.05) is 6.92 Å². The summed E-state index contributed by atoms with van der Waals surface area (Å²) >= 11 is 0. The third-order valence-corrected chi connectivity index (χ3v) is 12.6. The summed E-state index contributed by atoms with van der Waals surface area (Å²) in [5, 5.41) is 4.14. The Kier molecular flexibility index (Phi) is 15.1. The molecule has 20 unspecified atom stereocenters. The average Bonchev–Trinajstić information content (AvgIpc) is 3.12. The molecule has 20 atom stereocenters. The lowest BCUT2D eigenvalue weighted by Gasteiger charge is -2.52. The molecular weight excluding hydrogens is 670 g/mol. The highest BCUT2D eigenvalue weighted by atomic mass is 16.8. The Bertz CT molecular complexity index is 1160. The maximum absolute atomic E-state index is 9.62. The first-order valence-corrected chi connectivity index (χ1v) is 20.3. The lowest BCUT2D eigenvalue weighted by molar-refractivity contribution is -0.374. The first kappa shape index (κ1) is 42.1. The molecule has 0 aromatic heterocycles. The fraction of sp³-hybridized carbons (Fsp3) is 1.00. The standard InChI is InChI=1S/C39H69N3O10/c1-13-27-21(7)20(6)16-31(46-27)50-33-22(8)24(10)37(47-28(33)14-2)51-34-23(9)25(11)38(48-29(34)15-3)52-36-32(41-42-40)39(44-17-19(4)5)49-30-18-43-26(12)45-35(30)36/h19-39H,13-18H2,1-12H3. The van der Waals surface area contributed by atoms with Crippen molar-refractivity contribution in [3.63, 3.8) is 0 Å². The summed E-state index contributed by atoms with van der Waals surface area (Å²) in [4.78, 5) is 3.16. The van der Waals surface area contributed by atoms with Crippen LogP contribution in [0.15, 0.2) is 5.11 Å². The highest BCUT2D eigenvalue weighted by Gasteiger charge is 2.54. The second-order valence-corrected chi connectivity index (χ2v) is 16.7. The third kappa shape index (κ3) is 9.29. The molecule has 0 amide bonds. The van der Waals surface area contributed by atoms with Crippen LogP contribution < -0.4 is 0 Å². The molecule has 5 heterocycles. The van der Waals surface area contributed by atoms with Crippen molar-refractivity contribution < 1.29 is 47.4 Å². The lowest BCUT2D eigenvalue weighted by Crippen LogP contribution is -2.65. The van der Waals surface area contributed by atoms with Crippen molar-refractivity contribution in [1.82, 2.24) is 0 Å². The van der Waals surface area contributed by atoms with Crippen molar-refractivity contribution in [1.29, 1.82) is 0 Å². The minimum atomic E-state index is -0.810. The van der Waals surface area contributed by atoms with E-state index in [9.17, 15) is 5.53 Å². The Hall–Kier alpha value is -1.09. The molecule has 0 aromatic carbocycles. The topological polar surface area (TPSA) is 141 Å². The zero-order valence-electron chi connectivity index (χ0n) is 33.8. The Labute approximate surface area is 312 Å². The van der Waals surface area contributed by atoms with Crippen LogP contribution in [0.1, 0.15) is 109 Å². The van der Waals surface area contributed by atoms with Gasteiger partial charge in [0, 0.05) is 23.2 Å². The Morgan fingerprint density at radius 2 is 1.25 bits per heavy atom. The Morgan fingerprint density at radius 3 is 1.81 bits per heavy atom. The van der Waals surface area contributed by atoms with Gasteiger partial charge in [-0.05, 0) is 61.3 Å². The maximum atomic E-state index is 9.62. The highest BCUT2D eigenvalue weighted by Crippen LogP contribution is 2.43. The molecule has 0 aliphatic carbocycles. The van der Waals surface area contributed by atoms with Crippen molar-refractivity contribution in [2.75, 3.05) is 13.2 Å². The first-order chi connectivity index (χ1) is 24.8. The molecule has 0 bridgehead atoms. The van der Waals surface area contributed by atoms with Crippen LogP contribution >= 0.6 is 0 Å². The van der Waals surface area contributed by atoms with Crippen molar-refractivity contribution in [2.24, 2.45) is 46.5 Å². The molecule has 0 radical (unpaired) electrons. The minimum absolute atomic E-state index is 0.0602. The van der Waals surface area contributed by atoms with Gasteiger partial charge in [-0.1, -0.05) is 81.3 Å². The van der Waals surface area contributed by atoms with Gasteiger partial charge < -0.3 is 47.4 Å². The lowest BCUT2D eigenvalue weighted by atomic mass is 9.81. The summed E-state index contributed by atoms with van der Waals surface area (Å²) in [5.41, 5.74) is 9.62. The van der Waals surface area contributed by atoms with E-state index in [2.05, 4.69) is 86.2 Å². The van der Waals surface area contributed by atoms with Gasteiger partial charge in [-0.15, -0.1) is 0 Å². The molecule has 13 heteroatoms. The second-order valence-electron chi connectivity index (χ2n) is 16.7. The largest absolute Gasteiger partial charge is 0.352 e. The van der Waals surface area contributed by atoms with E-state index in [0.717, 1.165) is 25.7 Å². The van der Waals surface area contributed by atoms with Crippen LogP contribution in [-0.4, -0.2) is 99.5 Å². The summed E-state index contributed by atoms with van der Waals surface area (Å²) in [6.07, 6.45) is -1.24. The smallest absolute Gasteiger partial charge is 0.169 e. The van der Waals surface area contributed by atoms with Gasteiger partial charge in [0.1, 0.15) is 24.4 Å². The van der Waals surface area contributed by atoms with Crippen molar-refractivity contribution in [3.05, 3.63) is 10.4 Å². The minimum Gasteiger partial charge on any atom is -0.352 e. The van der Waals surface area contributed by atoms with Gasteiger partial charge in [0.15, 0.2) is 31.5 Å². The molecular formula is C39H69N3O10. The molecule has 5 rings (SSSR count). The molecule has 5 aliphatic rings. The third-order valence-electron chi connectivity index (χ3n) is 12.6. The normalized spacial score (nSPS) is 48.6. The predicted octanol–water partition coefficient (Wildman–Crippen LogP) is 7.59. The Balaban J connectivity index is 1.28. The fourth-order valence-electron chi connectivity index (χ4n) is 8.65. The van der Waals surface area contributed by atoms with Crippen LogP contribution in [0.2, 0.25) is 0 Å². The highest BCUT2D eigenvalue weighted by molar-refractivity contribution is 4.99. The zero-order chi connectivity index (χ0) is 37.9. The summed E-state index contributed by atoms with van der Waals surface area (Å²) in [6, 6.07) is -0.784. The molecule has 5 saturated heterocycles. The van der Waals surface area contributed by atoms with Gasteiger partial charge in [0.25, 0.3) is 0 Å². The van der Waals surface area contributed by atoms with Crippen LogP contribution in [0, 0.1) is 41.4 Å². The van der Waals surface area contributed by atoms with Crippen molar-refractivity contribution in [2.45, 2.75) is 195 Å². The molecule has 0 N–H and O–H groups in total. The number of nitrogens with zero attached hydrogens (tertiary/aromatic N) is 3. The number of fused-ring (bicyclic) bond motifs is 1. The predicted molar refractivity (Wildman–Crippen MR) is 194 cm³/mol. The molecule has 52 heavy (non-hydrogen) atoms. The molecule has 5 aliphatic heterocycles. The van der Waals surface area contributed by atoms with Gasteiger partial charge in [0.05, 0.1) is 43.7 Å². The van der Waals surface area contributed by atoms with Gasteiger partial charge in [-0.2, -0.15) is 0 Å². The second kappa shape index (κ2) is 18.7. The summed E-state index contributed by atoms with van der Waals surface area (Å²) < 4.78 is 65.0. The first-order valence-electron chi connectivity index (χ1n) is 20.3. The summed E-state index contributed by atoms with van der Waals surface area (Å²) in [6.45, 7) is 26.5. The van der Waals surface area contributed by atoms with Crippen molar-refractivity contribution >= 4 is 0 Å². The SMILES string of the molecule is CCC1OC(OC2C(CC)OC(OC3C(CC)OC(OC4C(N=[N+]=[N-])C(OCC(C)C)OC5COC(C)OC54)C(C)C3C)C(C)C2C)CC(C)C1C. The quantitative estimate of drug-likeness (QED) is 0.105. The van der Waals surface area contributed by atoms with E-state index in [4.69, 9.17) is 47.4 Å². The number of azide groups is 1. The van der Waals surface area contributed by atoms with E-state index in [-0.39, 0.29) is 66.4 Å². The zero-order valence-corrected chi connectivity index (χ0v) is 33.8.